The number of hydrogen-bond acceptors (Lipinski definition) is 3. The highest BCUT2D eigenvalue weighted by Gasteiger charge is 2.22. The molecule has 1 N–H and O–H groups in total. The third-order valence-electron chi connectivity index (χ3n) is 2.74. The summed E-state index contributed by atoms with van der Waals surface area (Å²) in [4.78, 5) is 4.67. The van der Waals surface area contributed by atoms with Gasteiger partial charge in [-0.2, -0.15) is 5.10 Å². The van der Waals surface area contributed by atoms with Crippen LogP contribution >= 0.6 is 0 Å². The van der Waals surface area contributed by atoms with Gasteiger partial charge in [0, 0.05) is 5.32 Å². The molecule has 0 spiro atoms. The minimum Gasteiger partial charge on any atom is -0.477 e. The Balaban J connectivity index is 2.68. The predicted molar refractivity (Wildman–Crippen MR) is 72.8 cm³/mol. The third-order valence-corrected chi connectivity index (χ3v) is 4.53. The fourth-order valence-corrected chi connectivity index (χ4v) is 2.80. The lowest BCUT2D eigenvalue weighted by atomic mass is 10.2. The van der Waals surface area contributed by atoms with Crippen molar-refractivity contribution in [2.75, 3.05) is 6.61 Å². The molecule has 0 amide bonds. The second kappa shape index (κ2) is 4.14. The average molecular weight is 249 g/mol. The summed E-state index contributed by atoms with van der Waals surface area (Å²) in [6.07, 6.45) is 0. The molecule has 0 aliphatic carbocycles. The SMILES string of the molecule is CCOc1nc([Si](C)(C)C)cc2[nH]nc(C)c12. The zero-order valence-electron chi connectivity index (χ0n) is 11.1. The molecule has 2 heterocycles. The minimum absolute atomic E-state index is 0.627. The van der Waals surface area contributed by atoms with Gasteiger partial charge in [0.15, 0.2) is 0 Å². The maximum Gasteiger partial charge on any atom is 0.224 e. The standard InChI is InChI=1S/C12H19N3OSi/c1-6-16-12-11-8(2)14-15-9(11)7-10(13-12)17(3,4)5/h7H,6H2,1-5H3,(H,14,15). The lowest BCUT2D eigenvalue weighted by Crippen LogP contribution is -2.40. The fraction of sp³-hybridized carbons (Fsp3) is 0.500. The van der Waals surface area contributed by atoms with E-state index in [4.69, 9.17) is 4.74 Å². The highest BCUT2D eigenvalue weighted by Crippen LogP contribution is 2.24. The van der Waals surface area contributed by atoms with Crippen LogP contribution in [0.25, 0.3) is 10.9 Å². The van der Waals surface area contributed by atoms with E-state index in [1.165, 1.54) is 0 Å². The number of nitrogens with one attached hydrogen (secondary N) is 1. The van der Waals surface area contributed by atoms with E-state index in [9.17, 15) is 0 Å². The fourth-order valence-electron chi connectivity index (χ4n) is 1.78. The molecule has 0 atom stereocenters. The van der Waals surface area contributed by atoms with Gasteiger partial charge in [0.25, 0.3) is 0 Å². The van der Waals surface area contributed by atoms with Gasteiger partial charge in [0.2, 0.25) is 5.88 Å². The molecule has 5 heteroatoms. The molecule has 0 aromatic carbocycles. The Morgan fingerprint density at radius 1 is 1.35 bits per heavy atom. The van der Waals surface area contributed by atoms with Crippen molar-refractivity contribution >= 4 is 24.3 Å². The molecular weight excluding hydrogens is 230 g/mol. The lowest BCUT2D eigenvalue weighted by molar-refractivity contribution is 0.332. The summed E-state index contributed by atoms with van der Waals surface area (Å²) in [7, 11) is -1.44. The van der Waals surface area contributed by atoms with Gasteiger partial charge in [-0.25, -0.2) is 4.98 Å². The van der Waals surface area contributed by atoms with Crippen LogP contribution in [0, 0.1) is 6.92 Å². The van der Waals surface area contributed by atoms with Gasteiger partial charge in [0.1, 0.15) is 8.07 Å². The number of aromatic nitrogens is 3. The number of rotatable bonds is 3. The summed E-state index contributed by atoms with van der Waals surface area (Å²) in [6, 6.07) is 2.12. The maximum absolute atomic E-state index is 5.65. The first-order valence-corrected chi connectivity index (χ1v) is 9.42. The first-order valence-electron chi connectivity index (χ1n) is 5.92. The summed E-state index contributed by atoms with van der Waals surface area (Å²) in [5.74, 6) is 0.716. The van der Waals surface area contributed by atoms with Crippen molar-refractivity contribution in [1.82, 2.24) is 15.2 Å². The van der Waals surface area contributed by atoms with Crippen LogP contribution in [0.15, 0.2) is 6.07 Å². The molecule has 0 aliphatic heterocycles. The van der Waals surface area contributed by atoms with Gasteiger partial charge in [0.05, 0.1) is 23.2 Å². The lowest BCUT2D eigenvalue weighted by Gasteiger charge is -2.16. The number of H-pyrrole nitrogens is 1. The summed E-state index contributed by atoms with van der Waals surface area (Å²) in [5, 5.41) is 9.44. The van der Waals surface area contributed by atoms with E-state index in [1.54, 1.807) is 0 Å². The van der Waals surface area contributed by atoms with Gasteiger partial charge in [-0.15, -0.1) is 0 Å². The Morgan fingerprint density at radius 3 is 2.65 bits per heavy atom. The number of nitrogens with zero attached hydrogens (tertiary/aromatic N) is 2. The van der Waals surface area contributed by atoms with Crippen molar-refractivity contribution in [3.05, 3.63) is 11.8 Å². The van der Waals surface area contributed by atoms with E-state index >= 15 is 0 Å². The van der Waals surface area contributed by atoms with Gasteiger partial charge < -0.3 is 4.74 Å². The monoisotopic (exact) mass is 249 g/mol. The van der Waals surface area contributed by atoms with Crippen LogP contribution in [0.3, 0.4) is 0 Å². The van der Waals surface area contributed by atoms with Crippen LogP contribution in [0.5, 0.6) is 5.88 Å². The third kappa shape index (κ3) is 2.19. The van der Waals surface area contributed by atoms with Crippen LogP contribution in [0.1, 0.15) is 12.6 Å². The molecule has 0 unspecified atom stereocenters. The second-order valence-corrected chi connectivity index (χ2v) is 10.2. The molecule has 2 aromatic rings. The molecule has 2 rings (SSSR count). The zero-order chi connectivity index (χ0) is 12.6. The largest absolute Gasteiger partial charge is 0.477 e. The molecule has 2 aromatic heterocycles. The molecule has 0 radical (unpaired) electrons. The van der Waals surface area contributed by atoms with Gasteiger partial charge in [-0.1, -0.05) is 19.6 Å². The van der Waals surface area contributed by atoms with Crippen LogP contribution in [0.2, 0.25) is 19.6 Å². The topological polar surface area (TPSA) is 50.8 Å². The Morgan fingerprint density at radius 2 is 2.06 bits per heavy atom. The molecule has 17 heavy (non-hydrogen) atoms. The van der Waals surface area contributed by atoms with E-state index in [2.05, 4.69) is 40.9 Å². The van der Waals surface area contributed by atoms with Crippen molar-refractivity contribution in [2.45, 2.75) is 33.5 Å². The van der Waals surface area contributed by atoms with Gasteiger partial charge >= 0.3 is 0 Å². The first kappa shape index (κ1) is 12.1. The van der Waals surface area contributed by atoms with Crippen LogP contribution < -0.4 is 10.1 Å². The highest BCUT2D eigenvalue weighted by molar-refractivity contribution is 6.88. The van der Waals surface area contributed by atoms with E-state index in [1.807, 2.05) is 13.8 Å². The van der Waals surface area contributed by atoms with Crippen LogP contribution in [-0.4, -0.2) is 29.9 Å². The Labute approximate surface area is 102 Å². The van der Waals surface area contributed by atoms with Crippen molar-refractivity contribution in [1.29, 1.82) is 0 Å². The molecule has 4 nitrogen and oxygen atoms in total. The smallest absolute Gasteiger partial charge is 0.224 e. The Kier molecular flexibility index (Phi) is 2.95. The molecule has 0 saturated carbocycles. The molecule has 92 valence electrons. The van der Waals surface area contributed by atoms with Gasteiger partial charge in [-0.05, 0) is 19.9 Å². The summed E-state index contributed by atoms with van der Waals surface area (Å²) < 4.78 is 5.65. The summed E-state index contributed by atoms with van der Waals surface area (Å²) >= 11 is 0. The molecule has 0 fully saturated rings. The zero-order valence-corrected chi connectivity index (χ0v) is 12.1. The predicted octanol–water partition coefficient (Wildman–Crippen LogP) is 2.21. The van der Waals surface area contributed by atoms with Crippen LogP contribution in [0.4, 0.5) is 0 Å². The first-order chi connectivity index (χ1) is 7.93. The summed E-state index contributed by atoms with van der Waals surface area (Å²) in [5.41, 5.74) is 1.97. The maximum atomic E-state index is 5.65. The van der Waals surface area contributed by atoms with Crippen LogP contribution in [-0.2, 0) is 0 Å². The van der Waals surface area contributed by atoms with E-state index < -0.39 is 8.07 Å². The minimum atomic E-state index is -1.44. The Hall–Kier alpha value is -1.36. The van der Waals surface area contributed by atoms with E-state index in [0.29, 0.717) is 12.5 Å². The van der Waals surface area contributed by atoms with Crippen molar-refractivity contribution in [3.63, 3.8) is 0 Å². The number of hydrogen-bond donors (Lipinski definition) is 1. The van der Waals surface area contributed by atoms with Gasteiger partial charge in [-0.3, -0.25) is 5.10 Å². The molecule has 0 aliphatic rings. The normalized spacial score (nSPS) is 12.1. The summed E-state index contributed by atoms with van der Waals surface area (Å²) in [6.45, 7) is 11.4. The highest BCUT2D eigenvalue weighted by atomic mass is 28.3. The number of aromatic amines is 1. The molecule has 0 bridgehead atoms. The molecule has 0 saturated heterocycles. The van der Waals surface area contributed by atoms with E-state index in [0.717, 1.165) is 21.9 Å². The van der Waals surface area contributed by atoms with Crippen molar-refractivity contribution in [3.8, 4) is 5.88 Å². The van der Waals surface area contributed by atoms with E-state index in [-0.39, 0.29) is 0 Å². The Bertz CT molecular complexity index is 542. The number of aryl methyl sites for hydroxylation is 1. The number of fused-ring (bicyclic) bond motifs is 1. The number of ether oxygens (including phenoxy) is 1. The number of pyridine rings is 1. The quantitative estimate of drug-likeness (QED) is 0.849. The second-order valence-electron chi connectivity index (χ2n) is 5.23. The molecular formula is C12H19N3OSi. The average Bonchev–Trinajstić information content (AvgIpc) is 2.60. The van der Waals surface area contributed by atoms with Crippen molar-refractivity contribution < 1.29 is 4.74 Å². The van der Waals surface area contributed by atoms with Crippen molar-refractivity contribution in [2.24, 2.45) is 0 Å².